The zero-order chi connectivity index (χ0) is 13.2. The summed E-state index contributed by atoms with van der Waals surface area (Å²) in [5, 5.41) is 3.69. The van der Waals surface area contributed by atoms with Crippen LogP contribution >= 0.6 is 0 Å². The summed E-state index contributed by atoms with van der Waals surface area (Å²) in [4.78, 5) is 0. The smallest absolute Gasteiger partial charge is 0.0631 e. The summed E-state index contributed by atoms with van der Waals surface area (Å²) >= 11 is 0. The number of rotatable bonds is 4. The molecule has 0 radical (unpaired) electrons. The zero-order valence-corrected chi connectivity index (χ0v) is 12.7. The molecule has 0 aromatic heterocycles. The van der Waals surface area contributed by atoms with Gasteiger partial charge in [-0.2, -0.15) is 0 Å². The van der Waals surface area contributed by atoms with Gasteiger partial charge in [0.05, 0.1) is 11.7 Å². The van der Waals surface area contributed by atoms with Crippen molar-refractivity contribution in [2.45, 2.75) is 84.0 Å². The SMILES string of the molecule is CCNC1CCC(C)CC1CC1CCC(C)(C)O1. The molecule has 4 atom stereocenters. The minimum Gasteiger partial charge on any atom is -0.372 e. The van der Waals surface area contributed by atoms with Crippen LogP contribution in [0.15, 0.2) is 0 Å². The van der Waals surface area contributed by atoms with Crippen molar-refractivity contribution >= 4 is 0 Å². The van der Waals surface area contributed by atoms with E-state index in [1.54, 1.807) is 0 Å². The van der Waals surface area contributed by atoms with Crippen LogP contribution in [-0.2, 0) is 4.74 Å². The summed E-state index contributed by atoms with van der Waals surface area (Å²) < 4.78 is 6.19. The number of hydrogen-bond donors (Lipinski definition) is 1. The van der Waals surface area contributed by atoms with Crippen LogP contribution in [0, 0.1) is 11.8 Å². The molecule has 106 valence electrons. The third-order valence-corrected chi connectivity index (χ3v) is 4.83. The second-order valence-corrected chi connectivity index (χ2v) is 7.12. The van der Waals surface area contributed by atoms with Gasteiger partial charge in [0.15, 0.2) is 0 Å². The largest absolute Gasteiger partial charge is 0.372 e. The van der Waals surface area contributed by atoms with Crippen molar-refractivity contribution in [3.05, 3.63) is 0 Å². The molecule has 2 heteroatoms. The lowest BCUT2D eigenvalue weighted by atomic mass is 9.76. The Labute approximate surface area is 113 Å². The van der Waals surface area contributed by atoms with Gasteiger partial charge in [-0.05, 0) is 70.8 Å². The first-order valence-corrected chi connectivity index (χ1v) is 7.91. The molecule has 1 saturated heterocycles. The van der Waals surface area contributed by atoms with Crippen molar-refractivity contribution in [3.63, 3.8) is 0 Å². The molecule has 1 aliphatic heterocycles. The normalized spacial score (nSPS) is 40.0. The van der Waals surface area contributed by atoms with Crippen LogP contribution in [0.3, 0.4) is 0 Å². The van der Waals surface area contributed by atoms with Gasteiger partial charge >= 0.3 is 0 Å². The average Bonchev–Trinajstić information content (AvgIpc) is 2.62. The van der Waals surface area contributed by atoms with Crippen LogP contribution in [0.4, 0.5) is 0 Å². The summed E-state index contributed by atoms with van der Waals surface area (Å²) in [5.74, 6) is 1.73. The van der Waals surface area contributed by atoms with E-state index >= 15 is 0 Å². The first-order chi connectivity index (χ1) is 8.50. The molecule has 1 aliphatic carbocycles. The Kier molecular flexibility index (Phi) is 4.71. The molecule has 1 heterocycles. The Hall–Kier alpha value is -0.0800. The summed E-state index contributed by atoms with van der Waals surface area (Å²) in [6.07, 6.45) is 8.41. The van der Waals surface area contributed by atoms with Crippen molar-refractivity contribution < 1.29 is 4.74 Å². The molecule has 2 nitrogen and oxygen atoms in total. The van der Waals surface area contributed by atoms with E-state index in [0.717, 1.165) is 24.4 Å². The van der Waals surface area contributed by atoms with Crippen LogP contribution in [-0.4, -0.2) is 24.3 Å². The standard InChI is InChI=1S/C16H31NO/c1-5-17-15-7-6-12(2)10-13(15)11-14-8-9-16(3,4)18-14/h12-15,17H,5-11H2,1-4H3. The fourth-order valence-electron chi connectivity index (χ4n) is 3.87. The number of hydrogen-bond acceptors (Lipinski definition) is 2. The molecule has 2 aliphatic rings. The molecule has 0 spiro atoms. The lowest BCUT2D eigenvalue weighted by Crippen LogP contribution is -2.41. The van der Waals surface area contributed by atoms with Crippen molar-refractivity contribution in [3.8, 4) is 0 Å². The maximum absolute atomic E-state index is 6.19. The molecule has 0 aromatic carbocycles. The predicted octanol–water partition coefficient (Wildman–Crippen LogP) is 3.75. The summed E-state index contributed by atoms with van der Waals surface area (Å²) in [5.41, 5.74) is 0.124. The van der Waals surface area contributed by atoms with Crippen molar-refractivity contribution in [2.75, 3.05) is 6.54 Å². The molecule has 0 aromatic rings. The van der Waals surface area contributed by atoms with Crippen LogP contribution in [0.25, 0.3) is 0 Å². The van der Waals surface area contributed by atoms with E-state index in [0.29, 0.717) is 6.10 Å². The van der Waals surface area contributed by atoms with Crippen molar-refractivity contribution in [1.82, 2.24) is 5.32 Å². The molecule has 0 bridgehead atoms. The van der Waals surface area contributed by atoms with Gasteiger partial charge in [-0.3, -0.25) is 0 Å². The second kappa shape index (κ2) is 5.92. The third-order valence-electron chi connectivity index (χ3n) is 4.83. The fraction of sp³-hybridized carbons (Fsp3) is 1.00. The minimum atomic E-state index is 0.124. The van der Waals surface area contributed by atoms with Crippen LogP contribution < -0.4 is 5.32 Å². The Morgan fingerprint density at radius 1 is 1.22 bits per heavy atom. The van der Waals surface area contributed by atoms with E-state index in [1.165, 1.54) is 38.5 Å². The van der Waals surface area contributed by atoms with Gasteiger partial charge in [0, 0.05) is 6.04 Å². The number of ether oxygens (including phenoxy) is 1. The average molecular weight is 253 g/mol. The highest BCUT2D eigenvalue weighted by Crippen LogP contribution is 2.37. The van der Waals surface area contributed by atoms with Crippen LogP contribution in [0.5, 0.6) is 0 Å². The van der Waals surface area contributed by atoms with Crippen LogP contribution in [0.1, 0.15) is 66.2 Å². The monoisotopic (exact) mass is 253 g/mol. The highest BCUT2D eigenvalue weighted by molar-refractivity contribution is 4.88. The summed E-state index contributed by atoms with van der Waals surface area (Å²) in [6.45, 7) is 10.2. The van der Waals surface area contributed by atoms with E-state index in [-0.39, 0.29) is 5.60 Å². The molecule has 18 heavy (non-hydrogen) atoms. The lowest BCUT2D eigenvalue weighted by molar-refractivity contribution is -0.0301. The zero-order valence-electron chi connectivity index (χ0n) is 12.7. The van der Waals surface area contributed by atoms with Gasteiger partial charge in [-0.15, -0.1) is 0 Å². The molecule has 4 unspecified atom stereocenters. The first kappa shape index (κ1) is 14.3. The molecule has 2 rings (SSSR count). The minimum absolute atomic E-state index is 0.124. The molecule has 0 amide bonds. The Balaban J connectivity index is 1.88. The first-order valence-electron chi connectivity index (χ1n) is 7.91. The third kappa shape index (κ3) is 3.71. The van der Waals surface area contributed by atoms with Gasteiger partial charge in [0.1, 0.15) is 0 Å². The quantitative estimate of drug-likeness (QED) is 0.824. The molecular formula is C16H31NO. The van der Waals surface area contributed by atoms with Crippen LogP contribution in [0.2, 0.25) is 0 Å². The Morgan fingerprint density at radius 3 is 2.61 bits per heavy atom. The predicted molar refractivity (Wildman–Crippen MR) is 76.8 cm³/mol. The van der Waals surface area contributed by atoms with Gasteiger partial charge in [0.25, 0.3) is 0 Å². The highest BCUT2D eigenvalue weighted by Gasteiger charge is 2.36. The van der Waals surface area contributed by atoms with E-state index in [9.17, 15) is 0 Å². The van der Waals surface area contributed by atoms with Gasteiger partial charge in [-0.25, -0.2) is 0 Å². The molecular weight excluding hydrogens is 222 g/mol. The summed E-state index contributed by atoms with van der Waals surface area (Å²) in [7, 11) is 0. The van der Waals surface area contributed by atoms with Crippen molar-refractivity contribution in [1.29, 1.82) is 0 Å². The van der Waals surface area contributed by atoms with E-state index in [4.69, 9.17) is 4.74 Å². The lowest BCUT2D eigenvalue weighted by Gasteiger charge is -2.37. The summed E-state index contributed by atoms with van der Waals surface area (Å²) in [6, 6.07) is 0.735. The number of nitrogens with one attached hydrogen (secondary N) is 1. The Bertz CT molecular complexity index is 264. The second-order valence-electron chi connectivity index (χ2n) is 7.12. The fourth-order valence-corrected chi connectivity index (χ4v) is 3.87. The van der Waals surface area contributed by atoms with Gasteiger partial charge in [-0.1, -0.05) is 13.8 Å². The Morgan fingerprint density at radius 2 is 2.00 bits per heavy atom. The molecule has 2 fully saturated rings. The van der Waals surface area contributed by atoms with Gasteiger partial charge < -0.3 is 10.1 Å². The topological polar surface area (TPSA) is 21.3 Å². The van der Waals surface area contributed by atoms with Gasteiger partial charge in [0.2, 0.25) is 0 Å². The maximum atomic E-state index is 6.19. The maximum Gasteiger partial charge on any atom is 0.0631 e. The highest BCUT2D eigenvalue weighted by atomic mass is 16.5. The van der Waals surface area contributed by atoms with E-state index < -0.39 is 0 Å². The van der Waals surface area contributed by atoms with E-state index in [2.05, 4.69) is 33.0 Å². The molecule has 1 N–H and O–H groups in total. The molecule has 1 saturated carbocycles. The van der Waals surface area contributed by atoms with E-state index in [1.807, 2.05) is 0 Å². The van der Waals surface area contributed by atoms with Crippen molar-refractivity contribution in [2.24, 2.45) is 11.8 Å².